The van der Waals surface area contributed by atoms with Gasteiger partial charge < -0.3 is 14.8 Å². The molecule has 1 unspecified atom stereocenters. The molecular weight excluding hydrogens is 268 g/mol. The lowest BCUT2D eigenvalue weighted by molar-refractivity contribution is -0.137. The van der Waals surface area contributed by atoms with Crippen molar-refractivity contribution in [3.05, 3.63) is 17.8 Å². The highest BCUT2D eigenvalue weighted by Gasteiger charge is 2.34. The minimum Gasteiger partial charge on any atom is -0.478 e. The zero-order valence-corrected chi connectivity index (χ0v) is 13.8. The third-order valence-corrected chi connectivity index (χ3v) is 3.33. The summed E-state index contributed by atoms with van der Waals surface area (Å²) in [7, 11) is 1.56. The van der Waals surface area contributed by atoms with Gasteiger partial charge in [-0.3, -0.25) is 4.79 Å². The fourth-order valence-electron chi connectivity index (χ4n) is 2.20. The molecule has 0 saturated heterocycles. The summed E-state index contributed by atoms with van der Waals surface area (Å²) < 4.78 is 10.8. The van der Waals surface area contributed by atoms with Crippen LogP contribution in [0.2, 0.25) is 0 Å². The lowest BCUT2D eigenvalue weighted by Gasteiger charge is -2.28. The van der Waals surface area contributed by atoms with Crippen LogP contribution in [0, 0.1) is 12.8 Å². The molecule has 1 heterocycles. The molecule has 0 saturated carbocycles. The first-order valence-electron chi connectivity index (χ1n) is 7.29. The summed E-state index contributed by atoms with van der Waals surface area (Å²) in [5, 5.41) is 2.89. The molecule has 1 aromatic heterocycles. The van der Waals surface area contributed by atoms with Crippen LogP contribution >= 0.6 is 0 Å². The van der Waals surface area contributed by atoms with Gasteiger partial charge in [0.15, 0.2) is 0 Å². The van der Waals surface area contributed by atoms with E-state index in [0.717, 1.165) is 5.69 Å². The molecule has 1 amide bonds. The van der Waals surface area contributed by atoms with Crippen molar-refractivity contribution in [2.24, 2.45) is 5.92 Å². The van der Waals surface area contributed by atoms with Crippen molar-refractivity contribution in [3.8, 4) is 5.88 Å². The molecule has 5 nitrogen and oxygen atoms in total. The Morgan fingerprint density at radius 1 is 1.43 bits per heavy atom. The third kappa shape index (κ3) is 4.70. The van der Waals surface area contributed by atoms with Crippen molar-refractivity contribution in [3.63, 3.8) is 0 Å². The van der Waals surface area contributed by atoms with E-state index in [-0.39, 0.29) is 5.91 Å². The predicted octanol–water partition coefficient (Wildman–Crippen LogP) is 3.18. The zero-order valence-electron chi connectivity index (χ0n) is 13.8. The van der Waals surface area contributed by atoms with Gasteiger partial charge in [0.2, 0.25) is 5.88 Å². The van der Waals surface area contributed by atoms with Crippen molar-refractivity contribution in [2.75, 3.05) is 19.0 Å². The van der Waals surface area contributed by atoms with Gasteiger partial charge in [0.1, 0.15) is 5.60 Å². The predicted molar refractivity (Wildman–Crippen MR) is 83.6 cm³/mol. The molecule has 1 aromatic rings. The van der Waals surface area contributed by atoms with Gasteiger partial charge in [-0.25, -0.2) is 4.98 Å². The number of aryl methyl sites for hydroxylation is 1. The van der Waals surface area contributed by atoms with E-state index in [2.05, 4.69) is 24.1 Å². The highest BCUT2D eigenvalue weighted by Crippen LogP contribution is 2.24. The van der Waals surface area contributed by atoms with Crippen molar-refractivity contribution in [1.82, 2.24) is 4.98 Å². The van der Waals surface area contributed by atoms with Crippen LogP contribution in [-0.4, -0.2) is 30.2 Å². The van der Waals surface area contributed by atoms with E-state index in [1.54, 1.807) is 26.2 Å². The molecule has 21 heavy (non-hydrogen) atoms. The maximum atomic E-state index is 12.5. The first kappa shape index (κ1) is 17.4. The zero-order chi connectivity index (χ0) is 16.0. The fourth-order valence-corrected chi connectivity index (χ4v) is 2.20. The second-order valence-electron chi connectivity index (χ2n) is 5.70. The second-order valence-corrected chi connectivity index (χ2v) is 5.70. The number of carbonyl (C=O) groups excluding carboxylic acids is 1. The molecule has 118 valence electrons. The van der Waals surface area contributed by atoms with Gasteiger partial charge in [0, 0.05) is 13.2 Å². The summed E-state index contributed by atoms with van der Waals surface area (Å²) in [6.45, 7) is 10.2. The van der Waals surface area contributed by atoms with Gasteiger partial charge in [0.25, 0.3) is 5.91 Å². The van der Waals surface area contributed by atoms with Crippen molar-refractivity contribution < 1.29 is 14.3 Å². The molecule has 0 spiro atoms. The van der Waals surface area contributed by atoms with Crippen LogP contribution < -0.4 is 10.1 Å². The molecular formula is C16H26N2O3. The number of hydrogen-bond donors (Lipinski definition) is 1. The van der Waals surface area contributed by atoms with Crippen LogP contribution in [0.1, 0.15) is 39.8 Å². The molecule has 0 aliphatic carbocycles. The quantitative estimate of drug-likeness (QED) is 0.839. The lowest BCUT2D eigenvalue weighted by atomic mass is 9.93. The number of rotatable bonds is 7. The Labute approximate surface area is 127 Å². The Morgan fingerprint density at radius 3 is 2.57 bits per heavy atom. The summed E-state index contributed by atoms with van der Waals surface area (Å²) in [6, 6.07) is 3.55. The first-order valence-corrected chi connectivity index (χ1v) is 7.29. The third-order valence-electron chi connectivity index (χ3n) is 3.33. The highest BCUT2D eigenvalue weighted by atomic mass is 16.5. The van der Waals surface area contributed by atoms with E-state index in [0.29, 0.717) is 30.5 Å². The smallest absolute Gasteiger partial charge is 0.256 e. The summed E-state index contributed by atoms with van der Waals surface area (Å²) in [6.07, 6.45) is 0.652. The second kappa shape index (κ2) is 7.41. The maximum Gasteiger partial charge on any atom is 0.256 e. The molecule has 1 N–H and O–H groups in total. The largest absolute Gasteiger partial charge is 0.478 e. The average Bonchev–Trinajstić information content (AvgIpc) is 2.41. The summed E-state index contributed by atoms with van der Waals surface area (Å²) in [4.78, 5) is 16.8. The summed E-state index contributed by atoms with van der Waals surface area (Å²) >= 11 is 0. The maximum absolute atomic E-state index is 12.5. The Kier molecular flexibility index (Phi) is 6.15. The molecule has 1 rings (SSSR count). The lowest BCUT2D eigenvalue weighted by Crippen LogP contribution is -2.43. The van der Waals surface area contributed by atoms with Crippen LogP contribution in [0.25, 0.3) is 0 Å². The van der Waals surface area contributed by atoms with Gasteiger partial charge in [0.05, 0.1) is 18.0 Å². The topological polar surface area (TPSA) is 60.5 Å². The van der Waals surface area contributed by atoms with Crippen LogP contribution in [0.5, 0.6) is 5.88 Å². The molecule has 0 radical (unpaired) electrons. The van der Waals surface area contributed by atoms with E-state index in [4.69, 9.17) is 9.47 Å². The van der Waals surface area contributed by atoms with Crippen molar-refractivity contribution in [2.45, 2.75) is 46.6 Å². The Balaban J connectivity index is 2.86. The summed E-state index contributed by atoms with van der Waals surface area (Å²) in [5.74, 6) is 0.762. The van der Waals surface area contributed by atoms with Gasteiger partial charge in [-0.15, -0.1) is 0 Å². The highest BCUT2D eigenvalue weighted by molar-refractivity contribution is 5.97. The average molecular weight is 294 g/mol. The number of methoxy groups -OCH3 is 1. The monoisotopic (exact) mass is 294 g/mol. The molecule has 0 aliphatic heterocycles. The number of ether oxygens (including phenoxy) is 2. The Bertz CT molecular complexity index is 488. The normalized spacial score (nSPS) is 13.9. The minimum absolute atomic E-state index is 0.159. The Hall–Kier alpha value is -1.62. The number of hydrogen-bond acceptors (Lipinski definition) is 4. The van der Waals surface area contributed by atoms with Gasteiger partial charge in [-0.05, 0) is 39.2 Å². The standard InChI is InChI=1S/C16H26N2O3/c1-7-21-14-9-8-13(12(4)17-14)18-15(19)16(5,20-6)10-11(2)3/h8-9,11H,7,10H2,1-6H3,(H,18,19). The van der Waals surface area contributed by atoms with E-state index in [1.807, 2.05) is 13.8 Å². The number of anilines is 1. The minimum atomic E-state index is -0.848. The number of nitrogens with one attached hydrogen (secondary N) is 1. The van der Waals surface area contributed by atoms with E-state index in [9.17, 15) is 4.79 Å². The van der Waals surface area contributed by atoms with Crippen LogP contribution in [0.3, 0.4) is 0 Å². The molecule has 0 aliphatic rings. The van der Waals surface area contributed by atoms with E-state index < -0.39 is 5.60 Å². The molecule has 0 bridgehead atoms. The molecule has 1 atom stereocenters. The fraction of sp³-hybridized carbons (Fsp3) is 0.625. The number of nitrogens with zero attached hydrogens (tertiary/aromatic N) is 1. The van der Waals surface area contributed by atoms with Gasteiger partial charge >= 0.3 is 0 Å². The number of carbonyl (C=O) groups is 1. The Morgan fingerprint density at radius 2 is 2.10 bits per heavy atom. The van der Waals surface area contributed by atoms with Crippen molar-refractivity contribution >= 4 is 11.6 Å². The number of amides is 1. The van der Waals surface area contributed by atoms with E-state index in [1.165, 1.54) is 0 Å². The van der Waals surface area contributed by atoms with Crippen LogP contribution in [0.4, 0.5) is 5.69 Å². The number of aromatic nitrogens is 1. The number of pyridine rings is 1. The van der Waals surface area contributed by atoms with Crippen molar-refractivity contribution in [1.29, 1.82) is 0 Å². The van der Waals surface area contributed by atoms with E-state index >= 15 is 0 Å². The van der Waals surface area contributed by atoms with Crippen LogP contribution in [-0.2, 0) is 9.53 Å². The summed E-state index contributed by atoms with van der Waals surface area (Å²) in [5.41, 5.74) is 0.548. The molecule has 0 fully saturated rings. The molecule has 5 heteroatoms. The molecule has 0 aromatic carbocycles. The first-order chi connectivity index (χ1) is 9.82. The van der Waals surface area contributed by atoms with Crippen LogP contribution in [0.15, 0.2) is 12.1 Å². The van der Waals surface area contributed by atoms with Gasteiger partial charge in [-0.1, -0.05) is 13.8 Å². The SMILES string of the molecule is CCOc1ccc(NC(=O)C(C)(CC(C)C)OC)c(C)n1. The van der Waals surface area contributed by atoms with Gasteiger partial charge in [-0.2, -0.15) is 0 Å².